The van der Waals surface area contributed by atoms with Crippen LogP contribution in [-0.2, 0) is 4.79 Å². The summed E-state index contributed by atoms with van der Waals surface area (Å²) in [4.78, 5) is 12.1. The van der Waals surface area contributed by atoms with Crippen LogP contribution in [0.25, 0.3) is 0 Å². The molecule has 0 atom stereocenters. The summed E-state index contributed by atoms with van der Waals surface area (Å²) in [6.07, 6.45) is 2.58. The predicted molar refractivity (Wildman–Crippen MR) is 88.1 cm³/mol. The summed E-state index contributed by atoms with van der Waals surface area (Å²) in [6, 6.07) is 5.52. The standard InChI is InChI=1S/C14H16ClN5O2S/c1-22-12-5-2-9(15)8-11(12)16-13(21)6-7-23-14-17-18-19-20(14)10-3-4-10/h2,5,8,10H,3-4,6-7H2,1H3,(H,16,21). The molecular formula is C14H16ClN5O2S. The average molecular weight is 354 g/mol. The van der Waals surface area contributed by atoms with Gasteiger partial charge < -0.3 is 10.1 Å². The summed E-state index contributed by atoms with van der Waals surface area (Å²) in [5, 5.41) is 15.8. The van der Waals surface area contributed by atoms with Crippen molar-refractivity contribution in [2.24, 2.45) is 0 Å². The number of hydrogen-bond acceptors (Lipinski definition) is 6. The number of tetrazole rings is 1. The minimum absolute atomic E-state index is 0.108. The molecule has 9 heteroatoms. The average Bonchev–Trinajstić information content (AvgIpc) is 3.27. The van der Waals surface area contributed by atoms with Crippen molar-refractivity contribution in [2.75, 3.05) is 18.2 Å². The third-order valence-corrected chi connectivity index (χ3v) is 4.52. The van der Waals surface area contributed by atoms with E-state index in [4.69, 9.17) is 16.3 Å². The molecular weight excluding hydrogens is 338 g/mol. The molecule has 1 fully saturated rings. The second-order valence-electron chi connectivity index (χ2n) is 5.13. The maximum Gasteiger partial charge on any atom is 0.225 e. The molecule has 3 rings (SSSR count). The summed E-state index contributed by atoms with van der Waals surface area (Å²) >= 11 is 7.43. The fraction of sp³-hybridized carbons (Fsp3) is 0.429. The Bertz CT molecular complexity index is 704. The largest absolute Gasteiger partial charge is 0.495 e. The van der Waals surface area contributed by atoms with E-state index in [2.05, 4.69) is 20.8 Å². The summed E-state index contributed by atoms with van der Waals surface area (Å²) in [7, 11) is 1.55. The number of nitrogens with one attached hydrogen (secondary N) is 1. The van der Waals surface area contributed by atoms with Gasteiger partial charge in [-0.25, -0.2) is 4.68 Å². The van der Waals surface area contributed by atoms with Crippen LogP contribution >= 0.6 is 23.4 Å². The molecule has 0 spiro atoms. The van der Waals surface area contributed by atoms with Crippen molar-refractivity contribution in [3.8, 4) is 5.75 Å². The fourth-order valence-electron chi connectivity index (χ4n) is 2.05. The first-order chi connectivity index (χ1) is 11.2. The highest BCUT2D eigenvalue weighted by Gasteiger charge is 2.27. The van der Waals surface area contributed by atoms with Crippen LogP contribution in [0.1, 0.15) is 25.3 Å². The van der Waals surface area contributed by atoms with Crippen LogP contribution in [0.3, 0.4) is 0 Å². The first-order valence-corrected chi connectivity index (χ1v) is 8.58. The van der Waals surface area contributed by atoms with E-state index < -0.39 is 0 Å². The summed E-state index contributed by atoms with van der Waals surface area (Å²) in [5.74, 6) is 1.07. The highest BCUT2D eigenvalue weighted by atomic mass is 35.5. The third kappa shape index (κ3) is 4.14. The molecule has 1 N–H and O–H groups in total. The second-order valence-corrected chi connectivity index (χ2v) is 6.63. The monoisotopic (exact) mass is 353 g/mol. The van der Waals surface area contributed by atoms with E-state index in [1.165, 1.54) is 11.8 Å². The van der Waals surface area contributed by atoms with Crippen molar-refractivity contribution in [2.45, 2.75) is 30.5 Å². The Hall–Kier alpha value is -1.80. The van der Waals surface area contributed by atoms with Gasteiger partial charge in [0.05, 0.1) is 18.8 Å². The van der Waals surface area contributed by atoms with E-state index in [-0.39, 0.29) is 5.91 Å². The van der Waals surface area contributed by atoms with Gasteiger partial charge in [0.15, 0.2) is 0 Å². The maximum absolute atomic E-state index is 12.1. The number of rotatable bonds is 7. The normalized spacial score (nSPS) is 13.8. The number of aromatic nitrogens is 4. The molecule has 0 saturated heterocycles. The van der Waals surface area contributed by atoms with Gasteiger partial charge in [-0.15, -0.1) is 5.10 Å². The highest BCUT2D eigenvalue weighted by molar-refractivity contribution is 7.99. The van der Waals surface area contributed by atoms with Crippen LogP contribution in [-0.4, -0.2) is 39.0 Å². The number of hydrogen-bond donors (Lipinski definition) is 1. The summed E-state index contributed by atoms with van der Waals surface area (Å²) < 4.78 is 7.04. The van der Waals surface area contributed by atoms with Gasteiger partial charge >= 0.3 is 0 Å². The van der Waals surface area contributed by atoms with Gasteiger partial charge in [0.1, 0.15) is 5.75 Å². The molecule has 1 saturated carbocycles. The first kappa shape index (κ1) is 16.1. The lowest BCUT2D eigenvalue weighted by Gasteiger charge is -2.10. The molecule has 0 aliphatic heterocycles. The Morgan fingerprint density at radius 2 is 2.35 bits per heavy atom. The molecule has 0 bridgehead atoms. The molecule has 1 aromatic heterocycles. The van der Waals surface area contributed by atoms with Crippen molar-refractivity contribution in [1.82, 2.24) is 20.2 Å². The maximum atomic E-state index is 12.1. The Labute approximate surface area is 142 Å². The van der Waals surface area contributed by atoms with E-state index in [0.717, 1.165) is 18.0 Å². The zero-order chi connectivity index (χ0) is 16.2. The van der Waals surface area contributed by atoms with Crippen molar-refractivity contribution in [1.29, 1.82) is 0 Å². The number of benzene rings is 1. The Balaban J connectivity index is 1.52. The summed E-state index contributed by atoms with van der Waals surface area (Å²) in [5.41, 5.74) is 0.567. The van der Waals surface area contributed by atoms with Gasteiger partial charge in [0.2, 0.25) is 11.1 Å². The smallest absolute Gasteiger partial charge is 0.225 e. The van der Waals surface area contributed by atoms with Crippen LogP contribution in [0.15, 0.2) is 23.4 Å². The van der Waals surface area contributed by atoms with E-state index in [1.54, 1.807) is 25.3 Å². The number of thioether (sulfide) groups is 1. The molecule has 1 aromatic carbocycles. The number of anilines is 1. The Morgan fingerprint density at radius 1 is 1.52 bits per heavy atom. The molecule has 23 heavy (non-hydrogen) atoms. The van der Waals surface area contributed by atoms with Crippen molar-refractivity contribution in [3.63, 3.8) is 0 Å². The summed E-state index contributed by atoms with van der Waals surface area (Å²) in [6.45, 7) is 0. The van der Waals surface area contributed by atoms with Crippen LogP contribution in [0, 0.1) is 0 Å². The molecule has 1 heterocycles. The van der Waals surface area contributed by atoms with E-state index >= 15 is 0 Å². The van der Waals surface area contributed by atoms with Crippen LogP contribution < -0.4 is 10.1 Å². The number of carbonyl (C=O) groups is 1. The third-order valence-electron chi connectivity index (χ3n) is 3.35. The number of nitrogens with zero attached hydrogens (tertiary/aromatic N) is 4. The lowest BCUT2D eigenvalue weighted by Crippen LogP contribution is -2.13. The van der Waals surface area contributed by atoms with E-state index in [0.29, 0.717) is 34.7 Å². The number of carbonyl (C=O) groups excluding carboxylic acids is 1. The first-order valence-electron chi connectivity index (χ1n) is 7.21. The molecule has 7 nitrogen and oxygen atoms in total. The van der Waals surface area contributed by atoms with Crippen LogP contribution in [0.2, 0.25) is 5.02 Å². The lowest BCUT2D eigenvalue weighted by atomic mass is 10.3. The number of halogens is 1. The molecule has 122 valence electrons. The van der Waals surface area contributed by atoms with Gasteiger partial charge in [0, 0.05) is 17.2 Å². The van der Waals surface area contributed by atoms with Crippen molar-refractivity contribution in [3.05, 3.63) is 23.2 Å². The molecule has 1 aliphatic carbocycles. The Morgan fingerprint density at radius 3 is 3.09 bits per heavy atom. The van der Waals surface area contributed by atoms with E-state index in [1.807, 2.05) is 4.68 Å². The quantitative estimate of drug-likeness (QED) is 0.771. The van der Waals surface area contributed by atoms with Gasteiger partial charge in [-0.3, -0.25) is 4.79 Å². The van der Waals surface area contributed by atoms with Gasteiger partial charge in [-0.2, -0.15) is 0 Å². The molecule has 1 amide bonds. The minimum atomic E-state index is -0.108. The second kappa shape index (κ2) is 7.18. The van der Waals surface area contributed by atoms with Gasteiger partial charge in [0.25, 0.3) is 0 Å². The predicted octanol–water partition coefficient (Wildman–Crippen LogP) is 2.79. The fourth-order valence-corrected chi connectivity index (χ4v) is 3.11. The topological polar surface area (TPSA) is 81.9 Å². The highest BCUT2D eigenvalue weighted by Crippen LogP contribution is 2.36. The number of ether oxygens (including phenoxy) is 1. The van der Waals surface area contributed by atoms with E-state index in [9.17, 15) is 4.79 Å². The van der Waals surface area contributed by atoms with Gasteiger partial charge in [-0.1, -0.05) is 23.4 Å². The van der Waals surface area contributed by atoms with Crippen molar-refractivity contribution < 1.29 is 9.53 Å². The molecule has 0 radical (unpaired) electrons. The zero-order valence-electron chi connectivity index (χ0n) is 12.5. The number of amides is 1. The molecule has 1 aliphatic rings. The Kier molecular flexibility index (Phi) is 5.02. The molecule has 0 unspecified atom stereocenters. The molecule has 2 aromatic rings. The zero-order valence-corrected chi connectivity index (χ0v) is 14.1. The number of methoxy groups -OCH3 is 1. The SMILES string of the molecule is COc1ccc(Cl)cc1NC(=O)CCSc1nnnn1C1CC1. The lowest BCUT2D eigenvalue weighted by molar-refractivity contribution is -0.115. The van der Waals surface area contributed by atoms with Crippen LogP contribution in [0.4, 0.5) is 5.69 Å². The minimum Gasteiger partial charge on any atom is -0.495 e. The van der Waals surface area contributed by atoms with Crippen LogP contribution in [0.5, 0.6) is 5.75 Å². The van der Waals surface area contributed by atoms with Gasteiger partial charge in [-0.05, 0) is 41.5 Å². The van der Waals surface area contributed by atoms with Crippen molar-refractivity contribution >= 4 is 35.0 Å².